The molecule has 3 rings (SSSR count). The van der Waals surface area contributed by atoms with E-state index in [0.29, 0.717) is 0 Å². The Hall–Kier alpha value is -2.46. The van der Waals surface area contributed by atoms with Gasteiger partial charge in [0.2, 0.25) is 5.13 Å². The van der Waals surface area contributed by atoms with Crippen molar-refractivity contribution in [3.05, 3.63) is 70.6 Å². The fourth-order valence-electron chi connectivity index (χ4n) is 2.12. The molecular weight excluding hydrogens is 290 g/mol. The van der Waals surface area contributed by atoms with Crippen LogP contribution in [-0.2, 0) is 0 Å². The number of nitrogens with zero attached hydrogens (tertiary/aromatic N) is 2. The summed E-state index contributed by atoms with van der Waals surface area (Å²) < 4.78 is 0. The normalized spacial score (nSPS) is 11.0. The summed E-state index contributed by atoms with van der Waals surface area (Å²) in [5.74, 6) is 0. The van der Waals surface area contributed by atoms with Crippen LogP contribution in [0.2, 0.25) is 0 Å². The van der Waals surface area contributed by atoms with E-state index in [4.69, 9.17) is 0 Å². The molecule has 0 aliphatic heterocycles. The van der Waals surface area contributed by atoms with Crippen molar-refractivity contribution in [1.82, 2.24) is 4.98 Å². The van der Waals surface area contributed by atoms with Crippen LogP contribution in [0.5, 0.6) is 0 Å². The molecule has 0 radical (unpaired) electrons. The van der Waals surface area contributed by atoms with Gasteiger partial charge in [-0.1, -0.05) is 54.1 Å². The zero-order valence-corrected chi connectivity index (χ0v) is 13.4. The van der Waals surface area contributed by atoms with Crippen LogP contribution in [0.1, 0.15) is 16.7 Å². The van der Waals surface area contributed by atoms with E-state index in [9.17, 15) is 0 Å². The molecule has 0 aliphatic carbocycles. The molecule has 0 atom stereocenters. The maximum absolute atomic E-state index is 4.55. The van der Waals surface area contributed by atoms with Gasteiger partial charge in [-0.05, 0) is 25.0 Å². The van der Waals surface area contributed by atoms with E-state index in [1.807, 2.05) is 29.8 Å². The van der Waals surface area contributed by atoms with Gasteiger partial charge in [0.25, 0.3) is 0 Å². The number of hydrazone groups is 1. The van der Waals surface area contributed by atoms with Crippen LogP contribution in [0.4, 0.5) is 5.13 Å². The minimum Gasteiger partial charge on any atom is -0.253 e. The van der Waals surface area contributed by atoms with Crippen LogP contribution in [0.15, 0.2) is 59.0 Å². The molecule has 1 heterocycles. The summed E-state index contributed by atoms with van der Waals surface area (Å²) in [4.78, 5) is 4.55. The Balaban J connectivity index is 1.71. The maximum atomic E-state index is 4.55. The monoisotopic (exact) mass is 307 g/mol. The summed E-state index contributed by atoms with van der Waals surface area (Å²) in [6.07, 6.45) is 1.84. The number of thiazole rings is 1. The second-order valence-corrected chi connectivity index (χ2v) is 5.99. The third kappa shape index (κ3) is 3.40. The average Bonchev–Trinajstić information content (AvgIpc) is 3.00. The molecular formula is C18H17N3S. The molecule has 0 unspecified atom stereocenters. The van der Waals surface area contributed by atoms with Crippen LogP contribution in [0, 0.1) is 13.8 Å². The van der Waals surface area contributed by atoms with Crippen LogP contribution >= 0.6 is 11.3 Å². The van der Waals surface area contributed by atoms with Gasteiger partial charge in [-0.3, -0.25) is 5.43 Å². The molecule has 0 spiro atoms. The third-order valence-corrected chi connectivity index (χ3v) is 4.12. The van der Waals surface area contributed by atoms with Crippen molar-refractivity contribution >= 4 is 22.7 Å². The van der Waals surface area contributed by atoms with Gasteiger partial charge in [-0.15, -0.1) is 11.3 Å². The second-order valence-electron chi connectivity index (χ2n) is 5.13. The fraction of sp³-hybridized carbons (Fsp3) is 0.111. The molecule has 0 saturated heterocycles. The van der Waals surface area contributed by atoms with Crippen LogP contribution in [0.3, 0.4) is 0 Å². The zero-order chi connectivity index (χ0) is 15.4. The quantitative estimate of drug-likeness (QED) is 0.551. The summed E-state index contributed by atoms with van der Waals surface area (Å²) in [7, 11) is 0. The van der Waals surface area contributed by atoms with Gasteiger partial charge >= 0.3 is 0 Å². The minimum absolute atomic E-state index is 0.792. The SMILES string of the molecule is Cc1ccc(C)c(C=NNc2nc(-c3ccccc3)cs2)c1. The number of aryl methyl sites for hydroxylation is 2. The summed E-state index contributed by atoms with van der Waals surface area (Å²) in [5.41, 5.74) is 8.65. The third-order valence-electron chi connectivity index (χ3n) is 3.37. The van der Waals surface area contributed by atoms with Crippen molar-refractivity contribution in [2.24, 2.45) is 5.10 Å². The highest BCUT2D eigenvalue weighted by atomic mass is 32.1. The Labute approximate surface area is 134 Å². The summed E-state index contributed by atoms with van der Waals surface area (Å²) in [6.45, 7) is 4.16. The summed E-state index contributed by atoms with van der Waals surface area (Å²) in [6, 6.07) is 16.5. The van der Waals surface area contributed by atoms with Crippen molar-refractivity contribution in [2.75, 3.05) is 5.43 Å². The van der Waals surface area contributed by atoms with Crippen molar-refractivity contribution in [1.29, 1.82) is 0 Å². The molecule has 0 bridgehead atoms. The van der Waals surface area contributed by atoms with Gasteiger partial charge in [0.15, 0.2) is 0 Å². The summed E-state index contributed by atoms with van der Waals surface area (Å²) >= 11 is 1.55. The molecule has 3 aromatic rings. The number of anilines is 1. The number of aromatic nitrogens is 1. The highest BCUT2D eigenvalue weighted by Gasteiger charge is 2.03. The van der Waals surface area contributed by atoms with Gasteiger partial charge < -0.3 is 0 Å². The van der Waals surface area contributed by atoms with E-state index in [1.165, 1.54) is 11.1 Å². The zero-order valence-electron chi connectivity index (χ0n) is 12.6. The van der Waals surface area contributed by atoms with Crippen molar-refractivity contribution in [3.8, 4) is 11.3 Å². The average molecular weight is 307 g/mol. The smallest absolute Gasteiger partial charge is 0.203 e. The highest BCUT2D eigenvalue weighted by molar-refractivity contribution is 7.14. The Morgan fingerprint density at radius 1 is 1.09 bits per heavy atom. The van der Waals surface area contributed by atoms with E-state index >= 15 is 0 Å². The van der Waals surface area contributed by atoms with Crippen molar-refractivity contribution in [3.63, 3.8) is 0 Å². The predicted octanol–water partition coefficient (Wildman–Crippen LogP) is 4.87. The van der Waals surface area contributed by atoms with Gasteiger partial charge in [0, 0.05) is 10.9 Å². The Morgan fingerprint density at radius 3 is 2.73 bits per heavy atom. The number of benzene rings is 2. The maximum Gasteiger partial charge on any atom is 0.203 e. The molecule has 0 saturated carbocycles. The molecule has 0 amide bonds. The minimum atomic E-state index is 0.792. The van der Waals surface area contributed by atoms with E-state index in [2.05, 4.69) is 59.7 Å². The lowest BCUT2D eigenvalue weighted by Gasteiger charge is -2.01. The molecule has 22 heavy (non-hydrogen) atoms. The Bertz CT molecular complexity index is 791. The highest BCUT2D eigenvalue weighted by Crippen LogP contribution is 2.24. The first kappa shape index (κ1) is 14.5. The van der Waals surface area contributed by atoms with Crippen molar-refractivity contribution < 1.29 is 0 Å². The molecule has 0 fully saturated rings. The first-order valence-corrected chi connectivity index (χ1v) is 7.97. The lowest BCUT2D eigenvalue weighted by atomic mass is 10.1. The molecule has 110 valence electrons. The van der Waals surface area contributed by atoms with Crippen molar-refractivity contribution in [2.45, 2.75) is 13.8 Å². The Kier molecular flexibility index (Phi) is 4.30. The van der Waals surface area contributed by atoms with Gasteiger partial charge in [-0.25, -0.2) is 4.98 Å². The van der Waals surface area contributed by atoms with E-state index in [-0.39, 0.29) is 0 Å². The standard InChI is InChI=1S/C18H17N3S/c1-13-8-9-14(2)16(10-13)11-19-21-18-20-17(12-22-18)15-6-4-3-5-7-15/h3-12H,1-2H3,(H,20,21). The first-order valence-electron chi connectivity index (χ1n) is 7.09. The number of hydrogen-bond acceptors (Lipinski definition) is 4. The number of rotatable bonds is 4. The molecule has 1 N–H and O–H groups in total. The number of nitrogens with one attached hydrogen (secondary N) is 1. The van der Waals surface area contributed by atoms with Crippen LogP contribution < -0.4 is 5.43 Å². The molecule has 0 aliphatic rings. The second kappa shape index (κ2) is 6.54. The summed E-state index contributed by atoms with van der Waals surface area (Å²) in [5, 5.41) is 7.12. The van der Waals surface area contributed by atoms with Crippen LogP contribution in [0.25, 0.3) is 11.3 Å². The van der Waals surface area contributed by atoms with Crippen LogP contribution in [-0.4, -0.2) is 11.2 Å². The van der Waals surface area contributed by atoms with Gasteiger partial charge in [0.05, 0.1) is 11.9 Å². The van der Waals surface area contributed by atoms with E-state index in [0.717, 1.165) is 22.0 Å². The van der Waals surface area contributed by atoms with E-state index < -0.39 is 0 Å². The predicted molar refractivity (Wildman–Crippen MR) is 94.7 cm³/mol. The molecule has 2 aromatic carbocycles. The molecule has 1 aromatic heterocycles. The van der Waals surface area contributed by atoms with E-state index in [1.54, 1.807) is 11.3 Å². The lowest BCUT2D eigenvalue weighted by Crippen LogP contribution is -1.93. The topological polar surface area (TPSA) is 37.3 Å². The largest absolute Gasteiger partial charge is 0.253 e. The first-order chi connectivity index (χ1) is 10.7. The van der Waals surface area contributed by atoms with Gasteiger partial charge in [0.1, 0.15) is 0 Å². The Morgan fingerprint density at radius 2 is 1.91 bits per heavy atom. The fourth-order valence-corrected chi connectivity index (χ4v) is 2.79. The van der Waals surface area contributed by atoms with Gasteiger partial charge in [-0.2, -0.15) is 5.10 Å². The number of hydrogen-bond donors (Lipinski definition) is 1. The lowest BCUT2D eigenvalue weighted by molar-refractivity contribution is 1.28. The molecule has 3 nitrogen and oxygen atoms in total. The molecule has 4 heteroatoms.